The van der Waals surface area contributed by atoms with Crippen LogP contribution in [0.25, 0.3) is 0 Å². The van der Waals surface area contributed by atoms with Gasteiger partial charge in [0.15, 0.2) is 0 Å². The topological polar surface area (TPSA) is 41.6 Å². The predicted molar refractivity (Wildman–Crippen MR) is 68.4 cm³/mol. The highest BCUT2D eigenvalue weighted by atomic mass is 19.3. The fourth-order valence-corrected chi connectivity index (χ4v) is 2.68. The molecule has 1 N–H and O–H groups in total. The average Bonchev–Trinajstić information content (AvgIpc) is 2.69. The van der Waals surface area contributed by atoms with Gasteiger partial charge in [-0.15, -0.1) is 0 Å². The zero-order valence-electron chi connectivity index (χ0n) is 10.9. The quantitative estimate of drug-likeness (QED) is 0.900. The van der Waals surface area contributed by atoms with E-state index in [2.05, 4.69) is 5.32 Å². The first kappa shape index (κ1) is 13.3. The zero-order chi connectivity index (χ0) is 14.2. The number of hydrogen-bond acceptors (Lipinski definition) is 3. The Labute approximate surface area is 115 Å². The fourth-order valence-electron chi connectivity index (χ4n) is 2.68. The number of carbonyl (C=O) groups excluding carboxylic acids is 1. The van der Waals surface area contributed by atoms with Crippen LogP contribution in [0.5, 0.6) is 0 Å². The SMILES string of the molecule is O=C(OCc1ccccc1)N1CC(F)(F)C2(CNC2)C1. The summed E-state index contributed by atoms with van der Waals surface area (Å²) in [5, 5.41) is 2.86. The standard InChI is InChI=1S/C14H16F2N2O2/c15-14(16)10-18(9-13(14)7-17-8-13)12(19)20-6-11-4-2-1-3-5-11/h1-5,17H,6-10H2. The Kier molecular flexibility index (Phi) is 3.12. The highest BCUT2D eigenvalue weighted by Crippen LogP contribution is 2.46. The van der Waals surface area contributed by atoms with Crippen LogP contribution in [0.2, 0.25) is 0 Å². The van der Waals surface area contributed by atoms with Gasteiger partial charge >= 0.3 is 6.09 Å². The second-order valence-electron chi connectivity index (χ2n) is 5.48. The number of halogens is 2. The lowest BCUT2D eigenvalue weighted by Crippen LogP contribution is -2.62. The van der Waals surface area contributed by atoms with Crippen molar-refractivity contribution in [3.63, 3.8) is 0 Å². The highest BCUT2D eigenvalue weighted by molar-refractivity contribution is 5.68. The number of hydrogen-bond donors (Lipinski definition) is 1. The van der Waals surface area contributed by atoms with Crippen molar-refractivity contribution < 1.29 is 18.3 Å². The molecule has 20 heavy (non-hydrogen) atoms. The van der Waals surface area contributed by atoms with Crippen LogP contribution in [0, 0.1) is 5.41 Å². The lowest BCUT2D eigenvalue weighted by Gasteiger charge is -2.42. The summed E-state index contributed by atoms with van der Waals surface area (Å²) in [5.74, 6) is -2.84. The van der Waals surface area contributed by atoms with Gasteiger partial charge in [0, 0.05) is 19.6 Å². The van der Waals surface area contributed by atoms with Gasteiger partial charge in [-0.2, -0.15) is 0 Å². The number of alkyl halides is 2. The number of likely N-dealkylation sites (tertiary alicyclic amines) is 1. The van der Waals surface area contributed by atoms with Crippen molar-refractivity contribution in [1.29, 1.82) is 0 Å². The number of ether oxygens (including phenoxy) is 1. The molecule has 0 bridgehead atoms. The molecule has 2 aliphatic heterocycles. The van der Waals surface area contributed by atoms with Gasteiger partial charge in [-0.1, -0.05) is 30.3 Å². The molecular weight excluding hydrogens is 266 g/mol. The Hall–Kier alpha value is -1.69. The molecule has 0 aliphatic carbocycles. The number of rotatable bonds is 2. The number of benzene rings is 1. The van der Waals surface area contributed by atoms with Gasteiger partial charge in [-0.3, -0.25) is 0 Å². The molecule has 4 nitrogen and oxygen atoms in total. The van der Waals surface area contributed by atoms with Crippen molar-refractivity contribution in [1.82, 2.24) is 10.2 Å². The molecule has 0 saturated carbocycles. The minimum atomic E-state index is -2.84. The monoisotopic (exact) mass is 282 g/mol. The van der Waals surface area contributed by atoms with Crippen molar-refractivity contribution in [2.75, 3.05) is 26.2 Å². The largest absolute Gasteiger partial charge is 0.445 e. The number of amides is 1. The van der Waals surface area contributed by atoms with Gasteiger partial charge in [-0.25, -0.2) is 13.6 Å². The third kappa shape index (κ3) is 2.14. The van der Waals surface area contributed by atoms with E-state index in [0.717, 1.165) is 10.5 Å². The van der Waals surface area contributed by atoms with E-state index in [-0.39, 0.29) is 26.2 Å². The van der Waals surface area contributed by atoms with E-state index in [1.54, 1.807) is 0 Å². The maximum absolute atomic E-state index is 13.9. The average molecular weight is 282 g/mol. The van der Waals surface area contributed by atoms with Crippen molar-refractivity contribution >= 4 is 6.09 Å². The molecule has 0 unspecified atom stereocenters. The van der Waals surface area contributed by atoms with Crippen LogP contribution in [-0.4, -0.2) is 43.1 Å². The van der Waals surface area contributed by atoms with Crippen LogP contribution >= 0.6 is 0 Å². The third-order valence-electron chi connectivity index (χ3n) is 4.05. The smallest absolute Gasteiger partial charge is 0.410 e. The van der Waals surface area contributed by atoms with Gasteiger partial charge in [0.25, 0.3) is 5.92 Å². The summed E-state index contributed by atoms with van der Waals surface area (Å²) in [7, 11) is 0. The molecule has 2 fully saturated rings. The molecule has 1 aromatic carbocycles. The summed E-state index contributed by atoms with van der Waals surface area (Å²) in [6.45, 7) is 0.112. The summed E-state index contributed by atoms with van der Waals surface area (Å²) in [6.07, 6.45) is -0.669. The van der Waals surface area contributed by atoms with Gasteiger partial charge in [0.2, 0.25) is 0 Å². The first-order chi connectivity index (χ1) is 9.52. The van der Waals surface area contributed by atoms with Crippen LogP contribution in [0.4, 0.5) is 13.6 Å². The van der Waals surface area contributed by atoms with Crippen molar-refractivity contribution in [2.45, 2.75) is 12.5 Å². The van der Waals surface area contributed by atoms with Gasteiger partial charge in [-0.05, 0) is 5.56 Å². The first-order valence-corrected chi connectivity index (χ1v) is 6.57. The molecule has 1 spiro atoms. The molecule has 2 aliphatic rings. The van der Waals surface area contributed by atoms with Gasteiger partial charge in [0.1, 0.15) is 6.61 Å². The van der Waals surface area contributed by atoms with Crippen LogP contribution in [-0.2, 0) is 11.3 Å². The Morgan fingerprint density at radius 2 is 1.95 bits per heavy atom. The zero-order valence-corrected chi connectivity index (χ0v) is 10.9. The molecule has 2 saturated heterocycles. The maximum atomic E-state index is 13.9. The van der Waals surface area contributed by atoms with E-state index >= 15 is 0 Å². The highest BCUT2D eigenvalue weighted by Gasteiger charge is 2.64. The van der Waals surface area contributed by atoms with Gasteiger partial charge in [0.05, 0.1) is 12.0 Å². The summed E-state index contributed by atoms with van der Waals surface area (Å²) in [5.41, 5.74) is -0.259. The van der Waals surface area contributed by atoms with Crippen LogP contribution < -0.4 is 5.32 Å². The number of nitrogens with one attached hydrogen (secondary N) is 1. The van der Waals surface area contributed by atoms with Crippen molar-refractivity contribution in [3.05, 3.63) is 35.9 Å². The Bertz CT molecular complexity index is 503. The third-order valence-corrected chi connectivity index (χ3v) is 4.05. The van der Waals surface area contributed by atoms with E-state index in [9.17, 15) is 13.6 Å². The molecule has 1 amide bonds. The minimum absolute atomic E-state index is 0.0562. The molecule has 108 valence electrons. The lowest BCUT2D eigenvalue weighted by molar-refractivity contribution is -0.108. The second kappa shape index (κ2) is 4.70. The molecule has 0 atom stereocenters. The van der Waals surface area contributed by atoms with Crippen LogP contribution in [0.3, 0.4) is 0 Å². The number of nitrogens with zero attached hydrogens (tertiary/aromatic N) is 1. The summed E-state index contributed by atoms with van der Waals surface area (Å²) in [6, 6.07) is 9.18. The molecular formula is C14H16F2N2O2. The lowest BCUT2D eigenvalue weighted by atomic mass is 9.78. The van der Waals surface area contributed by atoms with E-state index in [1.807, 2.05) is 30.3 Å². The van der Waals surface area contributed by atoms with E-state index in [4.69, 9.17) is 4.74 Å². The molecule has 0 aromatic heterocycles. The predicted octanol–water partition coefficient (Wildman–Crippen LogP) is 1.86. The normalized spacial score (nSPS) is 22.6. The Morgan fingerprint density at radius 1 is 1.25 bits per heavy atom. The number of carbonyl (C=O) groups is 1. The van der Waals surface area contributed by atoms with Gasteiger partial charge < -0.3 is 15.0 Å². The minimum Gasteiger partial charge on any atom is -0.445 e. The first-order valence-electron chi connectivity index (χ1n) is 6.57. The molecule has 6 heteroatoms. The summed E-state index contributed by atoms with van der Waals surface area (Å²) >= 11 is 0. The Morgan fingerprint density at radius 3 is 2.50 bits per heavy atom. The molecule has 2 heterocycles. The molecule has 0 radical (unpaired) electrons. The van der Waals surface area contributed by atoms with E-state index in [1.165, 1.54) is 0 Å². The summed E-state index contributed by atoms with van der Waals surface area (Å²) < 4.78 is 33.0. The summed E-state index contributed by atoms with van der Waals surface area (Å²) in [4.78, 5) is 13.0. The van der Waals surface area contributed by atoms with Crippen molar-refractivity contribution in [3.8, 4) is 0 Å². The van der Waals surface area contributed by atoms with Crippen LogP contribution in [0.1, 0.15) is 5.56 Å². The van der Waals surface area contributed by atoms with Crippen molar-refractivity contribution in [2.24, 2.45) is 5.41 Å². The van der Waals surface area contributed by atoms with E-state index < -0.39 is 24.0 Å². The van der Waals surface area contributed by atoms with Crippen LogP contribution in [0.15, 0.2) is 30.3 Å². The van der Waals surface area contributed by atoms with E-state index in [0.29, 0.717) is 0 Å². The molecule has 3 rings (SSSR count). The molecule has 1 aromatic rings. The fraction of sp³-hybridized carbons (Fsp3) is 0.500. The maximum Gasteiger partial charge on any atom is 0.410 e. The second-order valence-corrected chi connectivity index (χ2v) is 5.48. The Balaban J connectivity index is 1.59.